The standard InChI is InChI=1S/C14H11BrClNOS2/c15-10-2-1-9(16)6-11(10)17-14(18)13-5-8-7-19-4-3-12(8)20-13/h1-2,5-6H,3-4,7H2,(H,17,18). The Balaban J connectivity index is 1.82. The molecule has 6 heteroatoms. The monoisotopic (exact) mass is 387 g/mol. The van der Waals surface area contributed by atoms with E-state index in [2.05, 4.69) is 21.2 Å². The molecule has 1 N–H and O–H groups in total. The predicted molar refractivity (Wildman–Crippen MR) is 91.3 cm³/mol. The van der Waals surface area contributed by atoms with Crippen LogP contribution in [0.5, 0.6) is 0 Å². The van der Waals surface area contributed by atoms with Gasteiger partial charge in [-0.2, -0.15) is 11.8 Å². The topological polar surface area (TPSA) is 29.1 Å². The molecular weight excluding hydrogens is 378 g/mol. The summed E-state index contributed by atoms with van der Waals surface area (Å²) in [4.78, 5) is 14.4. The predicted octanol–water partition coefficient (Wildman–Crippen LogP) is 5.21. The number of amides is 1. The average molecular weight is 389 g/mol. The maximum atomic E-state index is 12.3. The molecule has 3 rings (SSSR count). The molecule has 1 aromatic heterocycles. The highest BCUT2D eigenvalue weighted by molar-refractivity contribution is 9.10. The van der Waals surface area contributed by atoms with Crippen molar-refractivity contribution >= 4 is 62.2 Å². The Morgan fingerprint density at radius 3 is 3.00 bits per heavy atom. The Hall–Kier alpha value is -0.490. The minimum atomic E-state index is -0.0719. The number of thioether (sulfide) groups is 1. The van der Waals surface area contributed by atoms with E-state index in [1.165, 1.54) is 10.4 Å². The second kappa shape index (κ2) is 6.10. The summed E-state index contributed by atoms with van der Waals surface area (Å²) in [5.74, 6) is 2.09. The molecule has 0 bridgehead atoms. The van der Waals surface area contributed by atoms with Crippen molar-refractivity contribution in [3.63, 3.8) is 0 Å². The summed E-state index contributed by atoms with van der Waals surface area (Å²) in [6, 6.07) is 7.36. The molecule has 1 amide bonds. The lowest BCUT2D eigenvalue weighted by Crippen LogP contribution is -2.10. The highest BCUT2D eigenvalue weighted by atomic mass is 79.9. The van der Waals surface area contributed by atoms with Crippen LogP contribution in [0.25, 0.3) is 0 Å². The van der Waals surface area contributed by atoms with E-state index in [-0.39, 0.29) is 5.91 Å². The second-order valence-electron chi connectivity index (χ2n) is 4.44. The van der Waals surface area contributed by atoms with Crippen molar-refractivity contribution < 1.29 is 4.79 Å². The van der Waals surface area contributed by atoms with Crippen LogP contribution in [-0.2, 0) is 12.2 Å². The summed E-state index contributed by atoms with van der Waals surface area (Å²) >= 11 is 12.9. The van der Waals surface area contributed by atoms with Gasteiger partial charge in [0.25, 0.3) is 5.91 Å². The van der Waals surface area contributed by atoms with E-state index in [4.69, 9.17) is 11.6 Å². The smallest absolute Gasteiger partial charge is 0.265 e. The van der Waals surface area contributed by atoms with Gasteiger partial charge in [-0.15, -0.1) is 11.3 Å². The number of fused-ring (bicyclic) bond motifs is 1. The van der Waals surface area contributed by atoms with E-state index in [9.17, 15) is 4.79 Å². The van der Waals surface area contributed by atoms with Crippen molar-refractivity contribution in [2.24, 2.45) is 0 Å². The first-order valence-corrected chi connectivity index (χ1v) is 9.23. The van der Waals surface area contributed by atoms with Crippen LogP contribution < -0.4 is 5.32 Å². The molecule has 0 saturated carbocycles. The molecule has 2 nitrogen and oxygen atoms in total. The summed E-state index contributed by atoms with van der Waals surface area (Å²) < 4.78 is 0.826. The van der Waals surface area contributed by atoms with Crippen molar-refractivity contribution in [1.29, 1.82) is 0 Å². The van der Waals surface area contributed by atoms with Gasteiger partial charge in [0.15, 0.2) is 0 Å². The van der Waals surface area contributed by atoms with Gasteiger partial charge in [0.1, 0.15) is 0 Å². The molecule has 0 aliphatic carbocycles. The van der Waals surface area contributed by atoms with Gasteiger partial charge < -0.3 is 5.32 Å². The molecule has 2 aromatic rings. The van der Waals surface area contributed by atoms with E-state index in [0.717, 1.165) is 27.3 Å². The van der Waals surface area contributed by atoms with Crippen LogP contribution in [-0.4, -0.2) is 11.7 Å². The number of carbonyl (C=O) groups excluding carboxylic acids is 1. The Morgan fingerprint density at radius 1 is 1.35 bits per heavy atom. The molecule has 0 unspecified atom stereocenters. The fraction of sp³-hybridized carbons (Fsp3) is 0.214. The Morgan fingerprint density at radius 2 is 2.20 bits per heavy atom. The normalized spacial score (nSPS) is 13.9. The van der Waals surface area contributed by atoms with Crippen molar-refractivity contribution in [3.05, 3.63) is 49.1 Å². The van der Waals surface area contributed by atoms with Crippen molar-refractivity contribution in [3.8, 4) is 0 Å². The number of halogens is 2. The van der Waals surface area contributed by atoms with E-state index >= 15 is 0 Å². The number of benzene rings is 1. The Kier molecular flexibility index (Phi) is 4.40. The number of nitrogens with one attached hydrogen (secondary N) is 1. The molecule has 2 heterocycles. The van der Waals surface area contributed by atoms with Crippen LogP contribution in [0, 0.1) is 0 Å². The average Bonchev–Trinajstić information content (AvgIpc) is 2.87. The summed E-state index contributed by atoms with van der Waals surface area (Å²) in [7, 11) is 0. The third-order valence-electron chi connectivity index (χ3n) is 3.03. The van der Waals surface area contributed by atoms with Crippen molar-refractivity contribution in [1.82, 2.24) is 0 Å². The molecule has 0 saturated heterocycles. The van der Waals surface area contributed by atoms with Crippen LogP contribution >= 0.6 is 50.6 Å². The van der Waals surface area contributed by atoms with Crippen LogP contribution in [0.1, 0.15) is 20.1 Å². The quantitative estimate of drug-likeness (QED) is 0.765. The van der Waals surface area contributed by atoms with Crippen LogP contribution in [0.2, 0.25) is 5.02 Å². The van der Waals surface area contributed by atoms with Crippen LogP contribution in [0.4, 0.5) is 5.69 Å². The second-order valence-corrected chi connectivity index (χ2v) is 7.97. The fourth-order valence-electron chi connectivity index (χ4n) is 2.04. The maximum Gasteiger partial charge on any atom is 0.265 e. The van der Waals surface area contributed by atoms with Gasteiger partial charge in [-0.3, -0.25) is 4.79 Å². The lowest BCUT2D eigenvalue weighted by molar-refractivity contribution is 0.103. The van der Waals surface area contributed by atoms with E-state index < -0.39 is 0 Å². The summed E-state index contributed by atoms with van der Waals surface area (Å²) in [5, 5.41) is 3.51. The largest absolute Gasteiger partial charge is 0.320 e. The molecule has 1 aliphatic rings. The van der Waals surface area contributed by atoms with Gasteiger partial charge in [0, 0.05) is 20.1 Å². The zero-order chi connectivity index (χ0) is 14.1. The third-order valence-corrected chi connectivity index (χ3v) is 6.20. The van der Waals surface area contributed by atoms with E-state index in [1.807, 2.05) is 23.9 Å². The first-order valence-electron chi connectivity index (χ1n) is 6.09. The van der Waals surface area contributed by atoms with Crippen molar-refractivity contribution in [2.75, 3.05) is 11.1 Å². The molecule has 0 spiro atoms. The molecule has 0 radical (unpaired) electrons. The lowest BCUT2D eigenvalue weighted by atomic mass is 10.2. The number of aryl methyl sites for hydroxylation is 1. The lowest BCUT2D eigenvalue weighted by Gasteiger charge is -2.08. The number of carbonyl (C=O) groups is 1. The molecular formula is C14H11BrClNOS2. The SMILES string of the molecule is O=C(Nc1cc(Cl)ccc1Br)c1cc2c(s1)CCSC2. The number of thiophene rings is 1. The van der Waals surface area contributed by atoms with Crippen LogP contribution in [0.15, 0.2) is 28.7 Å². The summed E-state index contributed by atoms with van der Waals surface area (Å²) in [6.45, 7) is 0. The van der Waals surface area contributed by atoms with E-state index in [1.54, 1.807) is 23.5 Å². The highest BCUT2D eigenvalue weighted by Gasteiger charge is 2.18. The fourth-order valence-corrected chi connectivity index (χ4v) is 4.82. The summed E-state index contributed by atoms with van der Waals surface area (Å²) in [5.41, 5.74) is 2.00. The highest BCUT2D eigenvalue weighted by Crippen LogP contribution is 2.33. The van der Waals surface area contributed by atoms with Gasteiger partial charge in [0.05, 0.1) is 10.6 Å². The molecule has 1 aromatic carbocycles. The Labute approximate surface area is 139 Å². The number of hydrogen-bond acceptors (Lipinski definition) is 3. The molecule has 20 heavy (non-hydrogen) atoms. The van der Waals surface area contributed by atoms with Gasteiger partial charge in [-0.1, -0.05) is 11.6 Å². The third kappa shape index (κ3) is 3.06. The summed E-state index contributed by atoms with van der Waals surface area (Å²) in [6.07, 6.45) is 1.07. The molecule has 104 valence electrons. The minimum absolute atomic E-state index is 0.0719. The molecule has 0 fully saturated rings. The first-order chi connectivity index (χ1) is 9.63. The maximum absolute atomic E-state index is 12.3. The zero-order valence-corrected chi connectivity index (χ0v) is 14.4. The molecule has 0 atom stereocenters. The number of hydrogen-bond donors (Lipinski definition) is 1. The van der Waals surface area contributed by atoms with Gasteiger partial charge in [-0.05, 0) is 57.9 Å². The Bertz CT molecular complexity index is 648. The number of anilines is 1. The first kappa shape index (κ1) is 14.4. The van der Waals surface area contributed by atoms with E-state index in [0.29, 0.717) is 10.7 Å². The van der Waals surface area contributed by atoms with Gasteiger partial charge in [0.2, 0.25) is 0 Å². The van der Waals surface area contributed by atoms with Crippen LogP contribution in [0.3, 0.4) is 0 Å². The van der Waals surface area contributed by atoms with Crippen molar-refractivity contribution in [2.45, 2.75) is 12.2 Å². The minimum Gasteiger partial charge on any atom is -0.320 e. The van der Waals surface area contributed by atoms with Gasteiger partial charge in [-0.25, -0.2) is 0 Å². The number of rotatable bonds is 2. The molecule has 1 aliphatic heterocycles. The zero-order valence-electron chi connectivity index (χ0n) is 10.4. The van der Waals surface area contributed by atoms with Gasteiger partial charge >= 0.3 is 0 Å².